The molecule has 0 saturated heterocycles. The smallest absolute Gasteiger partial charge is 0.305 e. The van der Waals surface area contributed by atoms with Crippen LogP contribution in [-0.4, -0.2) is 40.5 Å². The number of fused-ring (bicyclic) bond motifs is 1. The van der Waals surface area contributed by atoms with Gasteiger partial charge in [0.05, 0.1) is 17.7 Å². The number of sulfonamides is 1. The van der Waals surface area contributed by atoms with Crippen molar-refractivity contribution in [1.82, 2.24) is 4.98 Å². The minimum Gasteiger partial charge on any atom is -0.495 e. The molecule has 0 fully saturated rings. The molecule has 0 bridgehead atoms. The Kier molecular flexibility index (Phi) is 5.58. The summed E-state index contributed by atoms with van der Waals surface area (Å²) in [5, 5.41) is 0. The molecule has 0 aliphatic carbocycles. The Morgan fingerprint density at radius 1 is 0.938 bits per heavy atom. The van der Waals surface area contributed by atoms with Gasteiger partial charge in [-0.15, -0.1) is 0 Å². The van der Waals surface area contributed by atoms with Gasteiger partial charge in [-0.2, -0.15) is 4.98 Å². The van der Waals surface area contributed by atoms with Gasteiger partial charge in [0.2, 0.25) is 0 Å². The molecular formula is C23H21N3O5S. The third-order valence-corrected chi connectivity index (χ3v) is 6.84. The largest absolute Gasteiger partial charge is 0.495 e. The van der Waals surface area contributed by atoms with Gasteiger partial charge in [-0.3, -0.25) is 14.0 Å². The highest BCUT2D eigenvalue weighted by Crippen LogP contribution is 2.31. The molecule has 0 spiro atoms. The Labute approximate surface area is 185 Å². The summed E-state index contributed by atoms with van der Waals surface area (Å²) in [6.45, 7) is 0. The number of methoxy groups -OCH3 is 1. The van der Waals surface area contributed by atoms with Crippen molar-refractivity contribution in [1.29, 1.82) is 0 Å². The van der Waals surface area contributed by atoms with Crippen LogP contribution in [0.25, 0.3) is 11.1 Å². The van der Waals surface area contributed by atoms with Crippen molar-refractivity contribution >= 4 is 38.7 Å². The molecule has 3 aromatic carbocycles. The van der Waals surface area contributed by atoms with E-state index in [4.69, 9.17) is 9.15 Å². The minimum absolute atomic E-state index is 0.0481. The number of para-hydroxylation sites is 4. The van der Waals surface area contributed by atoms with Gasteiger partial charge in [0.15, 0.2) is 5.58 Å². The Balaban J connectivity index is 1.58. The van der Waals surface area contributed by atoms with Crippen molar-refractivity contribution in [2.75, 3.05) is 30.4 Å². The van der Waals surface area contributed by atoms with Crippen LogP contribution >= 0.6 is 0 Å². The lowest BCUT2D eigenvalue weighted by Gasteiger charge is -2.21. The van der Waals surface area contributed by atoms with Gasteiger partial charge in [0.1, 0.15) is 11.3 Å². The van der Waals surface area contributed by atoms with E-state index in [0.717, 1.165) is 4.31 Å². The highest BCUT2D eigenvalue weighted by atomic mass is 32.2. The number of oxazole rings is 1. The number of hydrogen-bond acceptors (Lipinski definition) is 6. The maximum atomic E-state index is 13.1. The van der Waals surface area contributed by atoms with Crippen LogP contribution in [0.15, 0.2) is 82.1 Å². The lowest BCUT2D eigenvalue weighted by molar-refractivity contribution is 0.0988. The number of amides is 1. The van der Waals surface area contributed by atoms with Crippen molar-refractivity contribution in [3.63, 3.8) is 0 Å². The second-order valence-corrected chi connectivity index (χ2v) is 8.97. The average Bonchev–Trinajstić information content (AvgIpc) is 3.27. The first kappa shape index (κ1) is 21.4. The zero-order valence-corrected chi connectivity index (χ0v) is 18.5. The van der Waals surface area contributed by atoms with Crippen LogP contribution in [0.4, 0.5) is 11.7 Å². The first-order valence-corrected chi connectivity index (χ1v) is 11.1. The summed E-state index contributed by atoms with van der Waals surface area (Å²) in [7, 11) is 0.620. The normalized spacial score (nSPS) is 11.3. The summed E-state index contributed by atoms with van der Waals surface area (Å²) in [5.41, 5.74) is 1.92. The molecule has 1 amide bonds. The van der Waals surface area contributed by atoms with Crippen LogP contribution in [0.2, 0.25) is 0 Å². The molecule has 0 N–H and O–H groups in total. The van der Waals surface area contributed by atoms with E-state index >= 15 is 0 Å². The number of benzene rings is 3. The molecule has 1 aromatic heterocycles. The fourth-order valence-electron chi connectivity index (χ4n) is 3.23. The Morgan fingerprint density at radius 3 is 2.28 bits per heavy atom. The van der Waals surface area contributed by atoms with Crippen molar-refractivity contribution in [2.24, 2.45) is 0 Å². The highest BCUT2D eigenvalue weighted by Gasteiger charge is 2.25. The molecule has 9 heteroatoms. The molecule has 0 aliphatic heterocycles. The predicted molar refractivity (Wildman–Crippen MR) is 122 cm³/mol. The van der Waals surface area contributed by atoms with Gasteiger partial charge in [-0.1, -0.05) is 24.3 Å². The highest BCUT2D eigenvalue weighted by molar-refractivity contribution is 7.92. The van der Waals surface area contributed by atoms with Crippen LogP contribution < -0.4 is 13.9 Å². The van der Waals surface area contributed by atoms with E-state index in [9.17, 15) is 13.2 Å². The van der Waals surface area contributed by atoms with Gasteiger partial charge >= 0.3 is 6.01 Å². The molecule has 4 rings (SSSR count). The SMILES string of the molecule is COc1ccccc1N(C)S(=O)(=O)c1ccc(C(=O)N(C)c2nc3ccccc3o2)cc1. The molecule has 0 saturated carbocycles. The summed E-state index contributed by atoms with van der Waals surface area (Å²) in [6, 6.07) is 19.9. The first-order valence-electron chi connectivity index (χ1n) is 9.68. The second kappa shape index (κ2) is 8.35. The van der Waals surface area contributed by atoms with E-state index in [1.165, 1.54) is 43.3 Å². The number of hydrogen-bond donors (Lipinski definition) is 0. The van der Waals surface area contributed by atoms with E-state index in [2.05, 4.69) is 4.98 Å². The molecule has 0 unspecified atom stereocenters. The van der Waals surface area contributed by atoms with E-state index in [-0.39, 0.29) is 16.8 Å². The zero-order chi connectivity index (χ0) is 22.9. The summed E-state index contributed by atoms with van der Waals surface area (Å²) in [5.74, 6) is 0.0592. The number of anilines is 2. The van der Waals surface area contributed by atoms with Crippen LogP contribution in [0.5, 0.6) is 5.75 Å². The van der Waals surface area contributed by atoms with Gasteiger partial charge in [-0.05, 0) is 48.5 Å². The summed E-state index contributed by atoms with van der Waals surface area (Å²) >= 11 is 0. The number of rotatable bonds is 6. The van der Waals surface area contributed by atoms with Crippen molar-refractivity contribution < 1.29 is 22.4 Å². The van der Waals surface area contributed by atoms with E-state index in [1.807, 2.05) is 12.1 Å². The lowest BCUT2D eigenvalue weighted by atomic mass is 10.2. The predicted octanol–water partition coefficient (Wildman–Crippen LogP) is 3.94. The molecule has 32 heavy (non-hydrogen) atoms. The molecule has 1 heterocycles. The van der Waals surface area contributed by atoms with Gasteiger partial charge in [0.25, 0.3) is 15.9 Å². The topological polar surface area (TPSA) is 93.0 Å². The van der Waals surface area contributed by atoms with Gasteiger partial charge in [-0.25, -0.2) is 8.42 Å². The molecule has 164 valence electrons. The van der Waals surface area contributed by atoms with Gasteiger partial charge in [0, 0.05) is 19.7 Å². The van der Waals surface area contributed by atoms with Crippen molar-refractivity contribution in [3.8, 4) is 5.75 Å². The van der Waals surface area contributed by atoms with E-state index in [1.54, 1.807) is 43.4 Å². The number of nitrogens with zero attached hydrogens (tertiary/aromatic N) is 3. The number of carbonyl (C=O) groups excluding carboxylic acids is 1. The van der Waals surface area contributed by atoms with E-state index < -0.39 is 10.0 Å². The quantitative estimate of drug-likeness (QED) is 0.441. The molecule has 0 atom stereocenters. The molecule has 4 aromatic rings. The zero-order valence-electron chi connectivity index (χ0n) is 17.7. The number of aromatic nitrogens is 1. The van der Waals surface area contributed by atoms with Crippen molar-refractivity contribution in [2.45, 2.75) is 4.90 Å². The Hall–Kier alpha value is -3.85. The summed E-state index contributed by atoms with van der Waals surface area (Å²) in [4.78, 5) is 18.5. The minimum atomic E-state index is -3.86. The molecule has 0 radical (unpaired) electrons. The summed E-state index contributed by atoms with van der Waals surface area (Å²) < 4.78 is 38.2. The third-order valence-electron chi connectivity index (χ3n) is 5.06. The maximum absolute atomic E-state index is 13.1. The lowest BCUT2D eigenvalue weighted by Crippen LogP contribution is -2.28. The van der Waals surface area contributed by atoms with E-state index in [0.29, 0.717) is 28.1 Å². The Bertz CT molecular complexity index is 1350. The first-order chi connectivity index (χ1) is 15.3. The van der Waals surface area contributed by atoms with Crippen LogP contribution in [-0.2, 0) is 10.0 Å². The van der Waals surface area contributed by atoms with Crippen LogP contribution in [0.1, 0.15) is 10.4 Å². The second-order valence-electron chi connectivity index (χ2n) is 7.00. The number of carbonyl (C=O) groups is 1. The maximum Gasteiger partial charge on any atom is 0.305 e. The third kappa shape index (κ3) is 3.78. The van der Waals surface area contributed by atoms with Gasteiger partial charge < -0.3 is 9.15 Å². The molecule has 0 aliphatic rings. The molecule has 8 nitrogen and oxygen atoms in total. The monoisotopic (exact) mass is 451 g/mol. The molecular weight excluding hydrogens is 430 g/mol. The van der Waals surface area contributed by atoms with Crippen LogP contribution in [0, 0.1) is 0 Å². The summed E-state index contributed by atoms with van der Waals surface area (Å²) in [6.07, 6.45) is 0. The van der Waals surface area contributed by atoms with Crippen LogP contribution in [0.3, 0.4) is 0 Å². The fourth-order valence-corrected chi connectivity index (χ4v) is 4.44. The number of ether oxygens (including phenoxy) is 1. The standard InChI is InChI=1S/C23H21N3O5S/c1-25(23-24-18-8-4-6-10-20(18)31-23)22(27)16-12-14-17(15-13-16)32(28,29)26(2)19-9-5-7-11-21(19)30-3/h4-15H,1-3H3. The van der Waals surface area contributed by atoms with Crippen molar-refractivity contribution in [3.05, 3.63) is 78.4 Å². The Morgan fingerprint density at radius 2 is 1.59 bits per heavy atom. The average molecular weight is 452 g/mol. The fraction of sp³-hybridized carbons (Fsp3) is 0.130.